The van der Waals surface area contributed by atoms with E-state index in [1.807, 2.05) is 48.5 Å². The maximum atomic E-state index is 13.0. The molecule has 2 aromatic carbocycles. The van der Waals surface area contributed by atoms with Crippen LogP contribution in [0.4, 0.5) is 0 Å². The number of esters is 3. The van der Waals surface area contributed by atoms with Crippen molar-refractivity contribution in [1.29, 1.82) is 0 Å². The predicted molar refractivity (Wildman–Crippen MR) is 191 cm³/mol. The molecule has 6 rings (SSSR count). The summed E-state index contributed by atoms with van der Waals surface area (Å²) in [5, 5.41) is 0. The van der Waals surface area contributed by atoms with Gasteiger partial charge < -0.3 is 14.2 Å². The third-order valence-corrected chi connectivity index (χ3v) is 12.9. The highest BCUT2D eigenvalue weighted by molar-refractivity contribution is 5.90. The molecule has 0 N–H and O–H groups in total. The Labute approximate surface area is 292 Å². The molecule has 0 heterocycles. The first-order chi connectivity index (χ1) is 23.4. The number of allylic oxidation sites excluding steroid dienone is 3. The molecule has 262 valence electrons. The standard InChI is InChI=1S/C43H54O6/c1-27(2)38(49-41(46)31-15-11-8-12-16-31)22-17-28(3)35-20-21-36-34-19-18-32-25-33(48-40(45)30-13-9-7-10-14-30)26-39(47-29(4)44)43(32,6)37(34)23-24-42(35,36)5/h7-16,18-19,27-28,33,35-39H,17,20-26H2,1-6H3/t28-,33-,35-,36+,37+,38+,39+,42-,43+/m1/s1. The predicted octanol–water partition coefficient (Wildman–Crippen LogP) is 9.55. The molecule has 4 aliphatic rings. The number of ether oxygens (including phenoxy) is 3. The van der Waals surface area contributed by atoms with Gasteiger partial charge in [0.1, 0.15) is 18.3 Å². The van der Waals surface area contributed by atoms with E-state index in [4.69, 9.17) is 14.2 Å². The van der Waals surface area contributed by atoms with Crippen LogP contribution in [0.3, 0.4) is 0 Å². The normalized spacial score (nSPS) is 31.6. The van der Waals surface area contributed by atoms with E-state index in [-0.39, 0.29) is 58.9 Å². The number of benzene rings is 2. The Morgan fingerprint density at radius 2 is 1.45 bits per heavy atom. The van der Waals surface area contributed by atoms with Crippen LogP contribution in [0.1, 0.15) is 114 Å². The van der Waals surface area contributed by atoms with Gasteiger partial charge in [0.25, 0.3) is 0 Å². The fourth-order valence-corrected chi connectivity index (χ4v) is 10.2. The van der Waals surface area contributed by atoms with Crippen molar-refractivity contribution < 1.29 is 28.6 Å². The van der Waals surface area contributed by atoms with Gasteiger partial charge >= 0.3 is 17.9 Å². The van der Waals surface area contributed by atoms with Crippen LogP contribution >= 0.6 is 0 Å². The lowest BCUT2D eigenvalue weighted by Crippen LogP contribution is -2.54. The van der Waals surface area contributed by atoms with E-state index in [0.29, 0.717) is 41.7 Å². The molecule has 3 fully saturated rings. The molecule has 0 bridgehead atoms. The summed E-state index contributed by atoms with van der Waals surface area (Å²) in [6.07, 6.45) is 11.4. The Morgan fingerprint density at radius 3 is 2.08 bits per heavy atom. The van der Waals surface area contributed by atoms with Crippen LogP contribution in [0.2, 0.25) is 0 Å². The van der Waals surface area contributed by atoms with E-state index in [1.165, 1.54) is 30.9 Å². The van der Waals surface area contributed by atoms with Gasteiger partial charge in [-0.25, -0.2) is 9.59 Å². The highest BCUT2D eigenvalue weighted by Crippen LogP contribution is 2.66. The molecule has 6 nitrogen and oxygen atoms in total. The fraction of sp³-hybridized carbons (Fsp3) is 0.558. The molecule has 6 heteroatoms. The van der Waals surface area contributed by atoms with E-state index >= 15 is 0 Å². The monoisotopic (exact) mass is 666 g/mol. The molecular formula is C43H54O6. The molecule has 0 amide bonds. The van der Waals surface area contributed by atoms with Crippen molar-refractivity contribution in [3.8, 4) is 0 Å². The van der Waals surface area contributed by atoms with Crippen LogP contribution in [0.25, 0.3) is 0 Å². The average Bonchev–Trinajstić information content (AvgIpc) is 3.44. The summed E-state index contributed by atoms with van der Waals surface area (Å²) in [5.41, 5.74) is 3.74. The summed E-state index contributed by atoms with van der Waals surface area (Å²) in [7, 11) is 0. The van der Waals surface area contributed by atoms with Gasteiger partial charge in [-0.05, 0) is 97.8 Å². The second-order valence-electron chi connectivity index (χ2n) is 16.0. The molecule has 0 aliphatic heterocycles. The molecule has 4 aliphatic carbocycles. The first-order valence-electron chi connectivity index (χ1n) is 18.5. The van der Waals surface area contributed by atoms with Crippen molar-refractivity contribution in [3.63, 3.8) is 0 Å². The molecule has 3 saturated carbocycles. The lowest BCUT2D eigenvalue weighted by atomic mass is 9.49. The number of carbonyl (C=O) groups excluding carboxylic acids is 3. The van der Waals surface area contributed by atoms with Crippen LogP contribution in [0.5, 0.6) is 0 Å². The third-order valence-electron chi connectivity index (χ3n) is 12.9. The Morgan fingerprint density at radius 1 is 0.796 bits per heavy atom. The van der Waals surface area contributed by atoms with Gasteiger partial charge in [0.2, 0.25) is 0 Å². The van der Waals surface area contributed by atoms with E-state index in [9.17, 15) is 14.4 Å². The molecule has 0 radical (unpaired) electrons. The van der Waals surface area contributed by atoms with Crippen LogP contribution in [-0.4, -0.2) is 36.2 Å². The Hall–Kier alpha value is -3.67. The van der Waals surface area contributed by atoms with Crippen molar-refractivity contribution in [3.05, 3.63) is 95.1 Å². The first-order valence-corrected chi connectivity index (χ1v) is 18.5. The Bertz CT molecular complexity index is 1580. The zero-order valence-electron chi connectivity index (χ0n) is 30.2. The summed E-state index contributed by atoms with van der Waals surface area (Å²) in [5.74, 6) is 1.26. The SMILES string of the molecule is CC(=O)O[C@H]1C[C@H](OC(=O)c2ccccc2)CC2=CC=C3[C@@H]4CC[C@H]([C@H](C)CC[C@H](OC(=O)c5ccccc5)C(C)C)[C@@]4(C)CC[C@@H]3[C@]21C. The van der Waals surface area contributed by atoms with Crippen molar-refractivity contribution in [2.75, 3.05) is 0 Å². The number of hydrogen-bond donors (Lipinski definition) is 0. The lowest BCUT2D eigenvalue weighted by Gasteiger charge is -2.57. The van der Waals surface area contributed by atoms with E-state index in [1.54, 1.807) is 12.1 Å². The summed E-state index contributed by atoms with van der Waals surface area (Å²) in [4.78, 5) is 38.4. The number of carbonyl (C=O) groups is 3. The van der Waals surface area contributed by atoms with Crippen molar-refractivity contribution in [1.82, 2.24) is 0 Å². The van der Waals surface area contributed by atoms with Crippen LogP contribution < -0.4 is 0 Å². The van der Waals surface area contributed by atoms with Crippen molar-refractivity contribution in [2.24, 2.45) is 40.4 Å². The van der Waals surface area contributed by atoms with Crippen LogP contribution in [0.15, 0.2) is 84.0 Å². The zero-order valence-corrected chi connectivity index (χ0v) is 30.2. The maximum Gasteiger partial charge on any atom is 0.338 e. The van der Waals surface area contributed by atoms with Gasteiger partial charge in [0.05, 0.1) is 11.1 Å². The zero-order chi connectivity index (χ0) is 34.9. The molecule has 0 spiro atoms. The Kier molecular flexibility index (Phi) is 10.3. The van der Waals surface area contributed by atoms with Crippen LogP contribution in [-0.2, 0) is 19.0 Å². The van der Waals surface area contributed by atoms with E-state index < -0.39 is 0 Å². The topological polar surface area (TPSA) is 78.9 Å². The minimum atomic E-state index is -0.362. The van der Waals surface area contributed by atoms with Gasteiger partial charge in [0, 0.05) is 25.2 Å². The quantitative estimate of drug-likeness (QED) is 0.186. The number of hydrogen-bond acceptors (Lipinski definition) is 6. The van der Waals surface area contributed by atoms with E-state index in [2.05, 4.69) is 46.8 Å². The second-order valence-corrected chi connectivity index (χ2v) is 16.0. The number of rotatable bonds is 10. The average molecular weight is 667 g/mol. The van der Waals surface area contributed by atoms with Gasteiger partial charge in [0.15, 0.2) is 0 Å². The molecular weight excluding hydrogens is 612 g/mol. The summed E-state index contributed by atoms with van der Waals surface area (Å²) >= 11 is 0. The van der Waals surface area contributed by atoms with Crippen LogP contribution in [0, 0.1) is 40.4 Å². The lowest BCUT2D eigenvalue weighted by molar-refractivity contribution is -0.159. The highest BCUT2D eigenvalue weighted by atomic mass is 16.6. The molecule has 0 unspecified atom stereocenters. The van der Waals surface area contributed by atoms with E-state index in [0.717, 1.165) is 25.7 Å². The van der Waals surface area contributed by atoms with Crippen molar-refractivity contribution in [2.45, 2.75) is 111 Å². The fourth-order valence-electron chi connectivity index (χ4n) is 10.2. The van der Waals surface area contributed by atoms with Gasteiger partial charge in [-0.15, -0.1) is 0 Å². The molecule has 9 atom stereocenters. The largest absolute Gasteiger partial charge is 0.461 e. The number of fused-ring (bicyclic) bond motifs is 5. The minimum Gasteiger partial charge on any atom is -0.461 e. The second kappa shape index (κ2) is 14.3. The highest BCUT2D eigenvalue weighted by Gasteiger charge is 2.60. The van der Waals surface area contributed by atoms with Gasteiger partial charge in [-0.2, -0.15) is 0 Å². The molecule has 0 aromatic heterocycles. The van der Waals surface area contributed by atoms with Gasteiger partial charge in [-0.1, -0.05) is 94.3 Å². The minimum absolute atomic E-state index is 0.110. The summed E-state index contributed by atoms with van der Waals surface area (Å²) in [6, 6.07) is 18.4. The Balaban J connectivity index is 1.17. The smallest absolute Gasteiger partial charge is 0.338 e. The van der Waals surface area contributed by atoms with Crippen molar-refractivity contribution >= 4 is 17.9 Å². The third kappa shape index (κ3) is 6.90. The summed E-state index contributed by atoms with van der Waals surface area (Å²) < 4.78 is 18.2. The maximum absolute atomic E-state index is 13.0. The summed E-state index contributed by atoms with van der Waals surface area (Å²) in [6.45, 7) is 13.0. The molecule has 2 aromatic rings. The van der Waals surface area contributed by atoms with Gasteiger partial charge in [-0.3, -0.25) is 4.79 Å². The molecule has 49 heavy (non-hydrogen) atoms. The first kappa shape index (κ1) is 35.2. The molecule has 0 saturated heterocycles.